The molecule has 0 unspecified atom stereocenters. The van der Waals surface area contributed by atoms with Gasteiger partial charge in [0.05, 0.1) is 12.5 Å². The van der Waals surface area contributed by atoms with Crippen LogP contribution in [0.2, 0.25) is 0 Å². The molecule has 0 saturated carbocycles. The lowest BCUT2D eigenvalue weighted by Gasteiger charge is -2.28. The summed E-state index contributed by atoms with van der Waals surface area (Å²) in [4.78, 5) is 217. The van der Waals surface area contributed by atoms with Gasteiger partial charge in [0.25, 0.3) is 0 Å². The van der Waals surface area contributed by atoms with Crippen LogP contribution in [-0.4, -0.2) is 221 Å². The Labute approximate surface area is 639 Å². The number of aromatic nitrogens is 1. The smallest absolute Gasteiger partial charge is 0.326 e. The zero-order valence-corrected chi connectivity index (χ0v) is 63.1. The van der Waals surface area contributed by atoms with E-state index in [9.17, 15) is 77.0 Å². The highest BCUT2D eigenvalue weighted by atomic mass is 32.2. The van der Waals surface area contributed by atoms with Gasteiger partial charge in [0, 0.05) is 61.6 Å². The number of nitrogens with two attached hydrogens (primary N) is 9. The maximum atomic E-state index is 14.9. The lowest BCUT2D eigenvalue weighted by Crippen LogP contribution is -2.61. The van der Waals surface area contributed by atoms with Gasteiger partial charge in [0.1, 0.15) is 66.5 Å². The fourth-order valence-corrected chi connectivity index (χ4v) is 11.5. The van der Waals surface area contributed by atoms with E-state index in [1.165, 1.54) is 18.7 Å². The number of carboxylic acid groups (broad SMARTS) is 1. The van der Waals surface area contributed by atoms with Gasteiger partial charge in [-0.05, 0) is 113 Å². The second-order valence-corrected chi connectivity index (χ2v) is 27.4. The molecule has 39 nitrogen and oxygen atoms in total. The minimum atomic E-state index is -1.89. The molecule has 0 aliphatic carbocycles. The number of fused-ring (bicyclic) bond motifs is 1. The summed E-state index contributed by atoms with van der Waals surface area (Å²) >= 11 is 5.35. The van der Waals surface area contributed by atoms with Crippen LogP contribution < -0.4 is 110 Å². The lowest BCUT2D eigenvalue weighted by atomic mass is 10.0. The summed E-state index contributed by atoms with van der Waals surface area (Å²) in [6.45, 7) is 4.63. The third-order valence-corrected chi connectivity index (χ3v) is 17.8. The van der Waals surface area contributed by atoms with E-state index in [1.54, 1.807) is 80.9 Å². The normalized spacial score (nSPS) is 14.3. The van der Waals surface area contributed by atoms with Crippen molar-refractivity contribution in [1.82, 2.24) is 63.5 Å². The van der Waals surface area contributed by atoms with Gasteiger partial charge in [-0.25, -0.2) is 4.79 Å². The van der Waals surface area contributed by atoms with Crippen LogP contribution in [-0.2, 0) is 84.8 Å². The van der Waals surface area contributed by atoms with E-state index in [0.29, 0.717) is 34.9 Å². The average molecular weight is 1570 g/mol. The minimum Gasteiger partial charge on any atom is -0.480 e. The predicted octanol–water partition coefficient (Wildman–Crippen LogP) is -6.30. The number of benzene rings is 2. The number of nitrogens with one attached hydrogen (secondary N) is 12. The fraction of sp³-hybridized carbons (Fsp3) is 0.544. The van der Waals surface area contributed by atoms with Crippen molar-refractivity contribution < 1.29 is 77.0 Å². The number of aliphatic imine (C=N–C) groups is 2. The number of guanidine groups is 2. The molecule has 602 valence electrons. The van der Waals surface area contributed by atoms with Gasteiger partial charge >= 0.3 is 5.97 Å². The molecule has 31 N–H and O–H groups in total. The number of aliphatic carboxylic acids is 1. The molecule has 0 fully saturated rings. The Hall–Kier alpha value is -10.8. The van der Waals surface area contributed by atoms with Crippen molar-refractivity contribution in [3.05, 3.63) is 71.9 Å². The molecule has 0 saturated heterocycles. The molecule has 1 aromatic heterocycles. The Morgan fingerprint density at radius 3 is 1.39 bits per heavy atom. The van der Waals surface area contributed by atoms with Crippen molar-refractivity contribution in [1.29, 1.82) is 0 Å². The number of unbranched alkanes of at least 4 members (excludes halogenated alkanes) is 1. The Morgan fingerprint density at radius 1 is 0.468 bits per heavy atom. The molecule has 109 heavy (non-hydrogen) atoms. The van der Waals surface area contributed by atoms with Crippen LogP contribution in [0, 0.1) is 5.92 Å². The number of hydrogen-bond donors (Lipinski definition) is 23. The van der Waals surface area contributed by atoms with Crippen LogP contribution in [0.25, 0.3) is 10.9 Å². The van der Waals surface area contributed by atoms with Gasteiger partial charge in [-0.15, -0.1) is 0 Å². The van der Waals surface area contributed by atoms with E-state index in [0.717, 1.165) is 0 Å². The summed E-state index contributed by atoms with van der Waals surface area (Å²) in [6.07, 6.45) is 0.265. The quantitative estimate of drug-likeness (QED) is 0.0108. The highest BCUT2D eigenvalue weighted by molar-refractivity contribution is 7.98. The summed E-state index contributed by atoms with van der Waals surface area (Å²) in [5.74, 6) is -16.1. The maximum absolute atomic E-state index is 14.9. The lowest BCUT2D eigenvalue weighted by molar-refractivity contribution is -0.143. The Balaban J connectivity index is 1.99. The standard InChI is InChI=1S/C68H107N23O16S2/c1-35(2)54(65(105)87-47(66(106)107)20-13-28-79-68(76)77)91-61(101)42(18-10-11-26-69)82-55(95)36(3)81-57(97)46(25-29-109-4)86-64(104)50(32-53(73)94)90-58(98)43(19-12-27-78-67(74)75)83-59(99)44(21-23-51(71)92)85-63(103)49(31-38-33-80-41-17-9-8-16-39(38)41)89-60(100)45(22-24-52(72)93)84-62(102)48(88-56(96)40(70)34-108)30-37-14-6-5-7-15-37/h5-9,14-17,33,35-36,40,42-50,54,80,108H,10-13,18-32,34,69-70H2,1-4H3,(H2,71,92)(H2,72,93)(H2,73,94)(H,81,97)(H,82,95)(H,83,99)(H,84,102)(H,85,103)(H,86,104)(H,87,105)(H,88,96)(H,89,100)(H,90,98)(H,91,101)(H,106,107)(H4,74,75,78)(H4,76,77,79)/t36-,40-,42-,43-,44-,45-,46-,47-,48-,49-,50-,54-/m0/s1. The molecule has 2 aromatic carbocycles. The van der Waals surface area contributed by atoms with Crippen molar-refractivity contribution in [2.45, 2.75) is 190 Å². The average Bonchev–Trinajstić information content (AvgIpc) is 1.73. The molecule has 0 bridgehead atoms. The van der Waals surface area contributed by atoms with Crippen molar-refractivity contribution in [2.75, 3.05) is 37.4 Å². The fourth-order valence-electron chi connectivity index (χ4n) is 10.8. The number of carbonyl (C=O) groups excluding carboxylic acids is 14. The van der Waals surface area contributed by atoms with E-state index in [2.05, 4.69) is 86.1 Å². The monoisotopic (exact) mass is 1570 g/mol. The highest BCUT2D eigenvalue weighted by Crippen LogP contribution is 2.21. The van der Waals surface area contributed by atoms with Crippen molar-refractivity contribution >= 4 is 136 Å². The molecule has 0 aliphatic rings. The highest BCUT2D eigenvalue weighted by Gasteiger charge is 2.38. The molecular formula is C68H107N23O16S2. The number of para-hydroxylation sites is 1. The first-order valence-electron chi connectivity index (χ1n) is 35.3. The summed E-state index contributed by atoms with van der Waals surface area (Å²) < 4.78 is 0. The second-order valence-electron chi connectivity index (χ2n) is 26.0. The number of carboxylic acids is 1. The van der Waals surface area contributed by atoms with E-state index >= 15 is 0 Å². The van der Waals surface area contributed by atoms with Crippen LogP contribution in [0.3, 0.4) is 0 Å². The summed E-state index contributed by atoms with van der Waals surface area (Å²) in [5, 5.41) is 38.3. The van der Waals surface area contributed by atoms with E-state index in [4.69, 9.17) is 51.6 Å². The van der Waals surface area contributed by atoms with Gasteiger partial charge in [-0.3, -0.25) is 77.1 Å². The predicted molar refractivity (Wildman–Crippen MR) is 410 cm³/mol. The van der Waals surface area contributed by atoms with Crippen LogP contribution in [0.1, 0.15) is 115 Å². The summed E-state index contributed by atoms with van der Waals surface area (Å²) in [5.41, 5.74) is 51.9. The minimum absolute atomic E-state index is 0.00314. The number of carbonyl (C=O) groups is 15. The second kappa shape index (κ2) is 48.5. The summed E-state index contributed by atoms with van der Waals surface area (Å²) in [7, 11) is 0. The van der Waals surface area contributed by atoms with Gasteiger partial charge in [-0.2, -0.15) is 24.4 Å². The van der Waals surface area contributed by atoms with Crippen molar-refractivity contribution in [3.8, 4) is 0 Å². The Bertz CT molecular complexity index is 3650. The third kappa shape index (κ3) is 34.3. The zero-order valence-electron chi connectivity index (χ0n) is 61.4. The van der Waals surface area contributed by atoms with Crippen molar-refractivity contribution in [3.63, 3.8) is 0 Å². The molecule has 0 spiro atoms. The van der Waals surface area contributed by atoms with Gasteiger partial charge in [-0.1, -0.05) is 62.4 Å². The van der Waals surface area contributed by atoms with Crippen LogP contribution >= 0.6 is 24.4 Å². The number of hydrogen-bond acceptors (Lipinski definition) is 21. The van der Waals surface area contributed by atoms with E-state index in [-0.39, 0.29) is 94.4 Å². The van der Waals surface area contributed by atoms with Crippen LogP contribution in [0.4, 0.5) is 0 Å². The molecule has 12 atom stereocenters. The number of amides is 14. The molecule has 14 amide bonds. The number of primary amides is 3. The molecule has 0 radical (unpaired) electrons. The number of thiol groups is 1. The topological polar surface area (TPSA) is 683 Å². The first-order valence-corrected chi connectivity index (χ1v) is 37.3. The van der Waals surface area contributed by atoms with Crippen LogP contribution in [0.15, 0.2) is 70.8 Å². The molecule has 1 heterocycles. The number of nitrogens with zero attached hydrogens (tertiary/aromatic N) is 2. The van der Waals surface area contributed by atoms with E-state index < -0.39 is 199 Å². The van der Waals surface area contributed by atoms with Crippen LogP contribution in [0.5, 0.6) is 0 Å². The third-order valence-electron chi connectivity index (χ3n) is 16.8. The maximum Gasteiger partial charge on any atom is 0.326 e. The Morgan fingerprint density at radius 2 is 0.890 bits per heavy atom. The molecule has 41 heteroatoms. The molecular weight excluding hydrogens is 1460 g/mol. The van der Waals surface area contributed by atoms with Crippen molar-refractivity contribution in [2.24, 2.45) is 67.5 Å². The Kier molecular flexibility index (Phi) is 41.1. The number of thioether (sulfide) groups is 1. The number of H-pyrrole nitrogens is 1. The molecule has 3 rings (SSSR count). The van der Waals surface area contributed by atoms with Gasteiger partial charge < -0.3 is 120 Å². The molecule has 3 aromatic rings. The molecule has 0 aliphatic heterocycles. The largest absolute Gasteiger partial charge is 0.480 e. The summed E-state index contributed by atoms with van der Waals surface area (Å²) in [6, 6.07) is -2.68. The zero-order chi connectivity index (χ0) is 81.4. The number of rotatable bonds is 52. The van der Waals surface area contributed by atoms with Gasteiger partial charge in [0.2, 0.25) is 82.7 Å². The van der Waals surface area contributed by atoms with Gasteiger partial charge in [0.15, 0.2) is 11.9 Å². The first kappa shape index (κ1) is 92.4. The van der Waals surface area contributed by atoms with E-state index in [1.807, 2.05) is 0 Å². The first-order chi connectivity index (χ1) is 51.6. The number of aromatic amines is 1. The SMILES string of the molecule is CSCC[C@H](NC(=O)[C@H](CC(N)=O)NC(=O)[C@H](CCCN=C(N)N)NC(=O)[C@H](CCC(N)=O)NC(=O)[C@H](Cc1c[nH]c2ccccc12)NC(=O)[C@H](CCC(N)=O)NC(=O)[C@H](Cc1ccccc1)NC(=O)[C@@H](N)CS)C(=O)N[C@@H](C)C(=O)N[C@@H](CCCCN)C(=O)N[C@H](C(=O)N[C@@H](CCCN=C(N)N)C(=O)O)C(C)C.